The van der Waals surface area contributed by atoms with Gasteiger partial charge >= 0.3 is 12.3 Å². The van der Waals surface area contributed by atoms with Crippen LogP contribution in [0.1, 0.15) is 31.9 Å². The number of anilines is 1. The first kappa shape index (κ1) is 18.3. The van der Waals surface area contributed by atoms with Gasteiger partial charge in [0.1, 0.15) is 5.60 Å². The number of halogens is 3. The van der Waals surface area contributed by atoms with Gasteiger partial charge in [-0.05, 0) is 44.9 Å². The number of aliphatic hydroxyl groups excluding tert-OH is 1. The summed E-state index contributed by atoms with van der Waals surface area (Å²) in [4.78, 5) is 11.7. The molecule has 0 saturated carbocycles. The smallest absolute Gasteiger partial charge is 0.414 e. The summed E-state index contributed by atoms with van der Waals surface area (Å²) in [5.41, 5.74) is 0.612. The van der Waals surface area contributed by atoms with Crippen molar-refractivity contribution in [2.24, 2.45) is 0 Å². The molecule has 0 bridgehead atoms. The molecule has 0 aliphatic rings. The lowest BCUT2D eigenvalue weighted by molar-refractivity contribution is -0.203. The lowest BCUT2D eigenvalue weighted by Gasteiger charge is -2.20. The van der Waals surface area contributed by atoms with Crippen molar-refractivity contribution in [2.45, 2.75) is 52.0 Å². The quantitative estimate of drug-likeness (QED) is 0.891. The van der Waals surface area contributed by atoms with E-state index in [4.69, 9.17) is 9.84 Å². The van der Waals surface area contributed by atoms with Crippen LogP contribution in [-0.4, -0.2) is 29.1 Å². The van der Waals surface area contributed by atoms with Gasteiger partial charge in [0.05, 0.1) is 0 Å². The summed E-state index contributed by atoms with van der Waals surface area (Å²) in [6, 6.07) is 4.45. The molecular weight excluding hydrogens is 299 g/mol. The van der Waals surface area contributed by atoms with Crippen LogP contribution >= 0.6 is 0 Å². The molecule has 1 amide bonds. The van der Waals surface area contributed by atoms with E-state index in [1.54, 1.807) is 33.8 Å². The van der Waals surface area contributed by atoms with E-state index in [1.165, 1.54) is 12.1 Å². The number of hydrogen-bond acceptors (Lipinski definition) is 3. The van der Waals surface area contributed by atoms with Crippen molar-refractivity contribution in [1.82, 2.24) is 0 Å². The van der Waals surface area contributed by atoms with Crippen molar-refractivity contribution in [2.75, 3.05) is 5.32 Å². The lowest BCUT2D eigenvalue weighted by Crippen LogP contribution is -2.30. The van der Waals surface area contributed by atoms with Gasteiger partial charge in [-0.3, -0.25) is 5.32 Å². The fraction of sp³-hybridized carbons (Fsp3) is 0.533. The maximum absolute atomic E-state index is 12.4. The molecule has 0 fully saturated rings. The van der Waals surface area contributed by atoms with Crippen LogP contribution in [0, 0.1) is 6.92 Å². The van der Waals surface area contributed by atoms with Crippen LogP contribution in [0.3, 0.4) is 0 Å². The second-order valence-electron chi connectivity index (χ2n) is 6.04. The fourth-order valence-electron chi connectivity index (χ4n) is 1.68. The van der Waals surface area contributed by atoms with Gasteiger partial charge in [-0.25, -0.2) is 4.79 Å². The molecule has 1 atom stereocenters. The predicted octanol–water partition coefficient (Wildman–Crippen LogP) is 3.81. The normalized spacial score (nSPS) is 13.6. The van der Waals surface area contributed by atoms with E-state index < -0.39 is 30.4 Å². The molecule has 1 aromatic carbocycles. The molecule has 0 aromatic heterocycles. The first-order valence-corrected chi connectivity index (χ1v) is 6.73. The molecule has 0 heterocycles. The zero-order valence-electron chi connectivity index (χ0n) is 12.9. The van der Waals surface area contributed by atoms with Crippen molar-refractivity contribution >= 4 is 11.8 Å². The van der Waals surface area contributed by atoms with Crippen LogP contribution in [0.15, 0.2) is 18.2 Å². The van der Waals surface area contributed by atoms with E-state index in [9.17, 15) is 18.0 Å². The number of nitrogens with one attached hydrogen (secondary N) is 1. The molecule has 0 radical (unpaired) electrons. The average molecular weight is 319 g/mol. The second kappa shape index (κ2) is 6.56. The van der Waals surface area contributed by atoms with Gasteiger partial charge in [0, 0.05) is 12.1 Å². The third-order valence-electron chi connectivity index (χ3n) is 2.74. The highest BCUT2D eigenvalue weighted by atomic mass is 19.4. The van der Waals surface area contributed by atoms with Gasteiger partial charge in [-0.15, -0.1) is 0 Å². The molecule has 1 unspecified atom stereocenters. The number of aryl methyl sites for hydroxylation is 1. The molecule has 22 heavy (non-hydrogen) atoms. The summed E-state index contributed by atoms with van der Waals surface area (Å²) < 4.78 is 42.2. The number of hydrogen-bond donors (Lipinski definition) is 2. The maximum Gasteiger partial charge on any atom is 0.414 e. The zero-order valence-corrected chi connectivity index (χ0v) is 12.9. The van der Waals surface area contributed by atoms with Crippen molar-refractivity contribution in [3.05, 3.63) is 29.3 Å². The largest absolute Gasteiger partial charge is 0.444 e. The average Bonchev–Trinajstić information content (AvgIpc) is 2.29. The Morgan fingerprint density at radius 3 is 2.41 bits per heavy atom. The minimum Gasteiger partial charge on any atom is -0.444 e. The Kier molecular flexibility index (Phi) is 5.45. The van der Waals surface area contributed by atoms with Gasteiger partial charge < -0.3 is 9.84 Å². The van der Waals surface area contributed by atoms with Crippen molar-refractivity contribution in [3.8, 4) is 0 Å². The summed E-state index contributed by atoms with van der Waals surface area (Å²) in [5, 5.41) is 11.6. The monoisotopic (exact) mass is 319 g/mol. The van der Waals surface area contributed by atoms with Gasteiger partial charge in [0.25, 0.3) is 0 Å². The minimum atomic E-state index is -4.68. The van der Waals surface area contributed by atoms with Crippen LogP contribution in [0.2, 0.25) is 0 Å². The topological polar surface area (TPSA) is 58.6 Å². The lowest BCUT2D eigenvalue weighted by atomic mass is 10.0. The van der Waals surface area contributed by atoms with Gasteiger partial charge in [-0.1, -0.05) is 12.1 Å². The Balaban J connectivity index is 2.84. The fourth-order valence-corrected chi connectivity index (χ4v) is 1.68. The van der Waals surface area contributed by atoms with Crippen molar-refractivity contribution in [3.63, 3.8) is 0 Å². The molecule has 2 N–H and O–H groups in total. The molecule has 7 heteroatoms. The van der Waals surface area contributed by atoms with Crippen LogP contribution in [-0.2, 0) is 11.2 Å². The van der Waals surface area contributed by atoms with E-state index in [-0.39, 0.29) is 5.56 Å². The summed E-state index contributed by atoms with van der Waals surface area (Å²) in [6.45, 7) is 6.82. The highest BCUT2D eigenvalue weighted by Crippen LogP contribution is 2.25. The Bertz CT molecular complexity index is 536. The van der Waals surface area contributed by atoms with E-state index in [1.807, 2.05) is 0 Å². The van der Waals surface area contributed by atoms with Gasteiger partial charge in [0.15, 0.2) is 6.10 Å². The zero-order chi connectivity index (χ0) is 17.1. The number of benzene rings is 1. The SMILES string of the molecule is Cc1ccc(CC(O)C(F)(F)F)cc1NC(=O)OC(C)(C)C. The number of ether oxygens (including phenoxy) is 1. The van der Waals surface area contributed by atoms with E-state index in [0.717, 1.165) is 0 Å². The summed E-state index contributed by atoms with van der Waals surface area (Å²) >= 11 is 0. The number of aliphatic hydroxyl groups is 1. The molecule has 124 valence electrons. The van der Waals surface area contributed by atoms with Crippen LogP contribution in [0.5, 0.6) is 0 Å². The molecule has 1 aromatic rings. The van der Waals surface area contributed by atoms with Crippen LogP contribution in [0.25, 0.3) is 0 Å². The Morgan fingerprint density at radius 2 is 1.91 bits per heavy atom. The number of amides is 1. The molecule has 0 aliphatic heterocycles. The van der Waals surface area contributed by atoms with E-state index in [0.29, 0.717) is 11.3 Å². The third kappa shape index (κ3) is 5.93. The van der Waals surface area contributed by atoms with Gasteiger partial charge in [-0.2, -0.15) is 13.2 Å². The Morgan fingerprint density at radius 1 is 1.32 bits per heavy atom. The van der Waals surface area contributed by atoms with Crippen LogP contribution < -0.4 is 5.32 Å². The summed E-state index contributed by atoms with van der Waals surface area (Å²) in [5.74, 6) is 0. The number of carbonyl (C=O) groups excluding carboxylic acids is 1. The van der Waals surface area contributed by atoms with E-state index >= 15 is 0 Å². The highest BCUT2D eigenvalue weighted by Gasteiger charge is 2.38. The molecular formula is C15H20F3NO3. The predicted molar refractivity (Wildman–Crippen MR) is 76.8 cm³/mol. The molecule has 1 rings (SSSR count). The first-order valence-electron chi connectivity index (χ1n) is 6.73. The maximum atomic E-state index is 12.4. The molecule has 0 spiro atoms. The standard InChI is InChI=1S/C15H20F3NO3/c1-9-5-6-10(8-12(20)15(16,17)18)7-11(9)19-13(21)22-14(2,3)4/h5-7,12,20H,8H2,1-4H3,(H,19,21). The molecule has 0 aliphatic carbocycles. The van der Waals surface area contributed by atoms with Crippen molar-refractivity contribution < 1.29 is 27.8 Å². The summed E-state index contributed by atoms with van der Waals surface area (Å²) in [6.07, 6.45) is -8.38. The number of carbonyl (C=O) groups is 1. The highest BCUT2D eigenvalue weighted by molar-refractivity contribution is 5.86. The van der Waals surface area contributed by atoms with Crippen molar-refractivity contribution in [1.29, 1.82) is 0 Å². The molecule has 0 saturated heterocycles. The van der Waals surface area contributed by atoms with E-state index in [2.05, 4.69) is 5.32 Å². The first-order chi connectivity index (χ1) is 9.88. The third-order valence-corrected chi connectivity index (χ3v) is 2.74. The Labute approximate surface area is 127 Å². The molecule has 4 nitrogen and oxygen atoms in total. The van der Waals surface area contributed by atoms with Crippen LogP contribution in [0.4, 0.5) is 23.7 Å². The second-order valence-corrected chi connectivity index (χ2v) is 6.04. The number of rotatable bonds is 3. The number of alkyl halides is 3. The minimum absolute atomic E-state index is 0.265. The Hall–Kier alpha value is -1.76. The summed E-state index contributed by atoms with van der Waals surface area (Å²) in [7, 11) is 0. The van der Waals surface area contributed by atoms with Gasteiger partial charge in [0.2, 0.25) is 0 Å².